The zero-order chi connectivity index (χ0) is 18.6. The Bertz CT molecular complexity index is 766. The van der Waals surface area contributed by atoms with Crippen LogP contribution in [0.4, 0.5) is 0 Å². The highest BCUT2D eigenvalue weighted by Crippen LogP contribution is 2.40. The van der Waals surface area contributed by atoms with Crippen LogP contribution in [-0.2, 0) is 4.79 Å². The standard InChI is InChI=1S/C21H28N4OS/c1-15(20(26)22-14-16-8-4-2-5-9-16)27-21-23-19(17-12-13-17)25(24-21)18-10-6-3-7-11-18/h3,6-7,10-11,15-17H,2,4-5,8-9,12-14H2,1H3,(H,22,26). The van der Waals surface area contributed by atoms with Crippen molar-refractivity contribution in [2.24, 2.45) is 5.92 Å². The number of hydrogen-bond donors (Lipinski definition) is 1. The minimum atomic E-state index is -0.188. The molecule has 27 heavy (non-hydrogen) atoms. The molecular weight excluding hydrogens is 356 g/mol. The lowest BCUT2D eigenvalue weighted by Crippen LogP contribution is -2.35. The SMILES string of the molecule is CC(Sc1nc(C2CC2)n(-c2ccccc2)n1)C(=O)NCC1CCCCC1. The predicted molar refractivity (Wildman–Crippen MR) is 108 cm³/mol. The summed E-state index contributed by atoms with van der Waals surface area (Å²) < 4.78 is 1.95. The zero-order valence-corrected chi connectivity index (χ0v) is 16.8. The lowest BCUT2D eigenvalue weighted by atomic mass is 9.89. The van der Waals surface area contributed by atoms with E-state index in [0.717, 1.165) is 18.1 Å². The molecule has 144 valence electrons. The van der Waals surface area contributed by atoms with E-state index in [9.17, 15) is 4.79 Å². The number of hydrogen-bond acceptors (Lipinski definition) is 4. The number of aromatic nitrogens is 3. The highest BCUT2D eigenvalue weighted by molar-refractivity contribution is 8.00. The van der Waals surface area contributed by atoms with Gasteiger partial charge in [-0.05, 0) is 50.7 Å². The van der Waals surface area contributed by atoms with E-state index in [4.69, 9.17) is 10.1 Å². The maximum absolute atomic E-state index is 12.5. The Morgan fingerprint density at radius 3 is 2.63 bits per heavy atom. The van der Waals surface area contributed by atoms with E-state index in [0.29, 0.717) is 17.0 Å². The molecule has 0 radical (unpaired) electrons. The molecule has 2 saturated carbocycles. The summed E-state index contributed by atoms with van der Waals surface area (Å²) in [5, 5.41) is 8.35. The quantitative estimate of drug-likeness (QED) is 0.722. The Morgan fingerprint density at radius 2 is 1.93 bits per heavy atom. The number of nitrogens with zero attached hydrogens (tertiary/aromatic N) is 3. The van der Waals surface area contributed by atoms with Crippen molar-refractivity contribution in [3.8, 4) is 5.69 Å². The lowest BCUT2D eigenvalue weighted by Gasteiger charge is -2.22. The molecule has 2 aromatic rings. The number of carbonyl (C=O) groups is 1. The number of thioether (sulfide) groups is 1. The molecule has 2 aliphatic carbocycles. The summed E-state index contributed by atoms with van der Waals surface area (Å²) in [6.45, 7) is 2.75. The van der Waals surface area contributed by atoms with Gasteiger partial charge in [0.15, 0.2) is 0 Å². The van der Waals surface area contributed by atoms with E-state index < -0.39 is 0 Å². The smallest absolute Gasteiger partial charge is 0.233 e. The fourth-order valence-corrected chi connectivity index (χ4v) is 4.49. The molecule has 0 spiro atoms. The third-order valence-corrected chi connectivity index (χ3v) is 6.45. The van der Waals surface area contributed by atoms with Gasteiger partial charge in [-0.1, -0.05) is 49.2 Å². The van der Waals surface area contributed by atoms with Gasteiger partial charge in [-0.3, -0.25) is 4.79 Å². The van der Waals surface area contributed by atoms with Crippen LogP contribution in [0.15, 0.2) is 35.5 Å². The topological polar surface area (TPSA) is 59.8 Å². The summed E-state index contributed by atoms with van der Waals surface area (Å²) in [7, 11) is 0. The van der Waals surface area contributed by atoms with Crippen LogP contribution in [0.25, 0.3) is 5.69 Å². The van der Waals surface area contributed by atoms with E-state index in [1.807, 2.05) is 29.8 Å². The lowest BCUT2D eigenvalue weighted by molar-refractivity contribution is -0.120. The summed E-state index contributed by atoms with van der Waals surface area (Å²) in [4.78, 5) is 17.3. The number of benzene rings is 1. The molecule has 1 aromatic carbocycles. The fourth-order valence-electron chi connectivity index (χ4n) is 3.71. The Morgan fingerprint density at radius 1 is 1.19 bits per heavy atom. The van der Waals surface area contributed by atoms with E-state index in [-0.39, 0.29) is 11.2 Å². The van der Waals surface area contributed by atoms with Crippen LogP contribution < -0.4 is 5.32 Å². The first-order valence-corrected chi connectivity index (χ1v) is 11.1. The van der Waals surface area contributed by atoms with Crippen LogP contribution in [0.5, 0.6) is 0 Å². The first kappa shape index (κ1) is 18.5. The molecule has 1 atom stereocenters. The van der Waals surface area contributed by atoms with Crippen LogP contribution in [0, 0.1) is 5.92 Å². The average molecular weight is 385 g/mol. The molecule has 4 rings (SSSR count). The minimum Gasteiger partial charge on any atom is -0.355 e. The second kappa shape index (κ2) is 8.46. The van der Waals surface area contributed by atoms with Crippen molar-refractivity contribution in [2.45, 2.75) is 68.2 Å². The molecule has 0 bridgehead atoms. The first-order valence-electron chi connectivity index (χ1n) is 10.2. The van der Waals surface area contributed by atoms with Gasteiger partial charge in [-0.2, -0.15) is 0 Å². The third-order valence-electron chi connectivity index (χ3n) is 5.50. The summed E-state index contributed by atoms with van der Waals surface area (Å²) in [5.41, 5.74) is 1.04. The molecule has 0 aliphatic heterocycles. The average Bonchev–Trinajstić information content (AvgIpc) is 3.48. The van der Waals surface area contributed by atoms with Crippen molar-refractivity contribution < 1.29 is 4.79 Å². The molecule has 5 nitrogen and oxygen atoms in total. The summed E-state index contributed by atoms with van der Waals surface area (Å²) in [5.74, 6) is 2.27. The second-order valence-electron chi connectivity index (χ2n) is 7.78. The van der Waals surface area contributed by atoms with Crippen LogP contribution in [0.3, 0.4) is 0 Å². The van der Waals surface area contributed by atoms with Crippen LogP contribution in [-0.4, -0.2) is 32.5 Å². The molecule has 2 fully saturated rings. The van der Waals surface area contributed by atoms with Gasteiger partial charge in [0.2, 0.25) is 11.1 Å². The summed E-state index contributed by atoms with van der Waals surface area (Å²) in [6.07, 6.45) is 8.78. The Hall–Kier alpha value is -1.82. The van der Waals surface area contributed by atoms with Crippen LogP contribution in [0.2, 0.25) is 0 Å². The molecule has 6 heteroatoms. The van der Waals surface area contributed by atoms with Crippen molar-refractivity contribution in [3.05, 3.63) is 36.2 Å². The van der Waals surface area contributed by atoms with Gasteiger partial charge >= 0.3 is 0 Å². The number of nitrogens with one attached hydrogen (secondary N) is 1. The van der Waals surface area contributed by atoms with Gasteiger partial charge in [0, 0.05) is 12.5 Å². The molecule has 1 N–H and O–H groups in total. The van der Waals surface area contributed by atoms with Gasteiger partial charge in [0.25, 0.3) is 0 Å². The van der Waals surface area contributed by atoms with E-state index in [1.165, 1.54) is 56.7 Å². The third kappa shape index (κ3) is 4.72. The molecule has 1 amide bonds. The largest absolute Gasteiger partial charge is 0.355 e. The predicted octanol–water partition coefficient (Wildman–Crippen LogP) is 4.32. The van der Waals surface area contributed by atoms with Crippen LogP contribution in [0.1, 0.15) is 63.6 Å². The number of carbonyl (C=O) groups excluding carboxylic acids is 1. The zero-order valence-electron chi connectivity index (χ0n) is 15.9. The first-order chi connectivity index (χ1) is 13.2. The van der Waals surface area contributed by atoms with Crippen molar-refractivity contribution >= 4 is 17.7 Å². The van der Waals surface area contributed by atoms with Gasteiger partial charge < -0.3 is 5.32 Å². The molecule has 1 unspecified atom stereocenters. The Kier molecular flexibility index (Phi) is 5.81. The van der Waals surface area contributed by atoms with Crippen molar-refractivity contribution in [1.29, 1.82) is 0 Å². The van der Waals surface area contributed by atoms with Crippen LogP contribution >= 0.6 is 11.8 Å². The van der Waals surface area contributed by atoms with E-state index in [1.54, 1.807) is 0 Å². The fraction of sp³-hybridized carbons (Fsp3) is 0.571. The molecule has 2 aliphatic rings. The highest BCUT2D eigenvalue weighted by atomic mass is 32.2. The van der Waals surface area contributed by atoms with E-state index in [2.05, 4.69) is 17.4 Å². The van der Waals surface area contributed by atoms with Crippen molar-refractivity contribution in [2.75, 3.05) is 6.54 Å². The normalized spacial score (nSPS) is 19.0. The molecular formula is C21H28N4OS. The number of para-hydroxylation sites is 1. The van der Waals surface area contributed by atoms with Crippen molar-refractivity contribution in [3.63, 3.8) is 0 Å². The Labute approximate surface area is 165 Å². The summed E-state index contributed by atoms with van der Waals surface area (Å²) in [6, 6.07) is 10.1. The van der Waals surface area contributed by atoms with E-state index >= 15 is 0 Å². The molecule has 1 aromatic heterocycles. The second-order valence-corrected chi connectivity index (χ2v) is 9.09. The van der Waals surface area contributed by atoms with Crippen molar-refractivity contribution in [1.82, 2.24) is 20.1 Å². The Balaban J connectivity index is 1.39. The monoisotopic (exact) mass is 384 g/mol. The molecule has 0 saturated heterocycles. The number of amides is 1. The number of rotatable bonds is 7. The maximum atomic E-state index is 12.5. The minimum absolute atomic E-state index is 0.0922. The van der Waals surface area contributed by atoms with Gasteiger partial charge in [0.05, 0.1) is 10.9 Å². The van der Waals surface area contributed by atoms with Gasteiger partial charge in [0.1, 0.15) is 5.82 Å². The maximum Gasteiger partial charge on any atom is 0.233 e. The summed E-state index contributed by atoms with van der Waals surface area (Å²) >= 11 is 1.46. The van der Waals surface area contributed by atoms with Gasteiger partial charge in [-0.15, -0.1) is 5.10 Å². The van der Waals surface area contributed by atoms with Gasteiger partial charge in [-0.25, -0.2) is 9.67 Å². The highest BCUT2D eigenvalue weighted by Gasteiger charge is 2.31. The molecule has 1 heterocycles.